The van der Waals surface area contributed by atoms with E-state index in [2.05, 4.69) is 56.1 Å². The van der Waals surface area contributed by atoms with E-state index in [1.54, 1.807) is 12.5 Å². The summed E-state index contributed by atoms with van der Waals surface area (Å²) in [7, 11) is 0. The van der Waals surface area contributed by atoms with Gasteiger partial charge in [0, 0.05) is 18.8 Å². The number of nitrogens with one attached hydrogen (secondary N) is 3. The lowest BCUT2D eigenvalue weighted by Gasteiger charge is -2.32. The maximum Gasteiger partial charge on any atom is 0.460 e. The van der Waals surface area contributed by atoms with Crippen LogP contribution >= 0.6 is 0 Å². The van der Waals surface area contributed by atoms with Crippen molar-refractivity contribution in [2.45, 2.75) is 84.3 Å². The summed E-state index contributed by atoms with van der Waals surface area (Å²) < 4.78 is 7.05. The van der Waals surface area contributed by atoms with Gasteiger partial charge in [-0.3, -0.25) is 0 Å². The minimum atomic E-state index is -0.718. The quantitative estimate of drug-likeness (QED) is 0.280. The summed E-state index contributed by atoms with van der Waals surface area (Å²) >= 11 is 0. The van der Waals surface area contributed by atoms with E-state index in [0.717, 1.165) is 23.7 Å². The molecule has 0 aromatic carbocycles. The van der Waals surface area contributed by atoms with Crippen LogP contribution in [0.1, 0.15) is 77.5 Å². The minimum absolute atomic E-state index is 0.0976. The first-order valence-electron chi connectivity index (χ1n) is 14.1. The molecule has 0 spiro atoms. The lowest BCUT2D eigenvalue weighted by atomic mass is 9.80. The molecular formula is C27H36N10O2. The van der Waals surface area contributed by atoms with E-state index in [1.807, 2.05) is 6.07 Å². The van der Waals surface area contributed by atoms with Gasteiger partial charge in [0.1, 0.15) is 11.8 Å². The zero-order chi connectivity index (χ0) is 26.9. The fourth-order valence-corrected chi connectivity index (χ4v) is 5.72. The van der Waals surface area contributed by atoms with Crippen molar-refractivity contribution in [3.05, 3.63) is 34.8 Å². The van der Waals surface area contributed by atoms with Gasteiger partial charge in [0.25, 0.3) is 0 Å². The Balaban J connectivity index is 1.45. The first-order chi connectivity index (χ1) is 18.9. The number of fused-ring (bicyclic) bond motifs is 1. The Hall–Kier alpha value is -3.83. The number of rotatable bonds is 9. The first kappa shape index (κ1) is 25.4. The van der Waals surface area contributed by atoms with Gasteiger partial charge in [0.05, 0.1) is 11.7 Å². The Labute approximate surface area is 226 Å². The number of nitrogens with zero attached hydrogens (tertiary/aromatic N) is 7. The van der Waals surface area contributed by atoms with Crippen molar-refractivity contribution in [1.82, 2.24) is 39.6 Å². The molecular weight excluding hydrogens is 496 g/mol. The highest BCUT2D eigenvalue weighted by atomic mass is 16.5. The molecule has 39 heavy (non-hydrogen) atoms. The molecule has 2 saturated carbocycles. The Morgan fingerprint density at radius 2 is 1.90 bits per heavy atom. The molecule has 1 unspecified atom stereocenters. The minimum Gasteiger partial charge on any atom is -0.365 e. The Morgan fingerprint density at radius 3 is 2.56 bits per heavy atom. The first-order valence-corrected chi connectivity index (χ1v) is 14.1. The second-order valence-electron chi connectivity index (χ2n) is 11.3. The molecule has 2 aliphatic carbocycles. The van der Waals surface area contributed by atoms with Gasteiger partial charge in [0.15, 0.2) is 11.5 Å². The molecule has 0 bridgehead atoms. The zero-order valence-corrected chi connectivity index (χ0v) is 22.7. The molecule has 4 heterocycles. The second kappa shape index (κ2) is 10.7. The fraction of sp³-hybridized carbons (Fsp3) is 0.593. The van der Waals surface area contributed by atoms with Gasteiger partial charge < -0.3 is 19.7 Å². The van der Waals surface area contributed by atoms with Crippen LogP contribution in [0.15, 0.2) is 27.9 Å². The van der Waals surface area contributed by atoms with Crippen LogP contribution < -0.4 is 16.4 Å². The molecule has 12 nitrogen and oxygen atoms in total. The van der Waals surface area contributed by atoms with Gasteiger partial charge in [-0.1, -0.05) is 26.2 Å². The molecule has 3 N–H and O–H groups in total. The molecule has 2 atom stereocenters. The highest BCUT2D eigenvalue weighted by Crippen LogP contribution is 2.36. The Kier molecular flexibility index (Phi) is 7.01. The molecule has 12 heteroatoms. The van der Waals surface area contributed by atoms with Crippen LogP contribution in [0.25, 0.3) is 22.8 Å². The SMILES string of the molecule is CC1CCC(Cn2c(NC(C)c3ccncn3)nc3nc(-c4nc(=O)o[nH]4)nc(N[C@H](C)C4CCC4)c32)CC1. The van der Waals surface area contributed by atoms with Crippen LogP contribution in [-0.2, 0) is 6.54 Å². The number of hydrogen-bond acceptors (Lipinski definition) is 10. The van der Waals surface area contributed by atoms with Crippen LogP contribution in [0.5, 0.6) is 0 Å². The highest BCUT2D eigenvalue weighted by molar-refractivity contribution is 5.87. The van der Waals surface area contributed by atoms with Gasteiger partial charge in [-0.15, -0.1) is 4.98 Å². The molecule has 0 aliphatic heterocycles. The van der Waals surface area contributed by atoms with Crippen LogP contribution in [-0.4, -0.2) is 45.7 Å². The molecule has 6 rings (SSSR count). The maximum absolute atomic E-state index is 11.7. The van der Waals surface area contributed by atoms with Gasteiger partial charge in [-0.25, -0.2) is 24.7 Å². The van der Waals surface area contributed by atoms with Gasteiger partial charge in [-0.2, -0.15) is 10.1 Å². The Morgan fingerprint density at radius 1 is 1.08 bits per heavy atom. The number of anilines is 2. The summed E-state index contributed by atoms with van der Waals surface area (Å²) in [6.07, 6.45) is 11.8. The van der Waals surface area contributed by atoms with Crippen molar-refractivity contribution >= 4 is 22.9 Å². The largest absolute Gasteiger partial charge is 0.460 e. The Bertz CT molecular complexity index is 1470. The van der Waals surface area contributed by atoms with Crippen molar-refractivity contribution in [2.24, 2.45) is 17.8 Å². The summed E-state index contributed by atoms with van der Waals surface area (Å²) in [5, 5.41) is 9.79. The third-order valence-corrected chi connectivity index (χ3v) is 8.44. The van der Waals surface area contributed by atoms with Crippen LogP contribution in [0.4, 0.5) is 11.8 Å². The average molecular weight is 533 g/mol. The van der Waals surface area contributed by atoms with E-state index in [0.29, 0.717) is 29.2 Å². The van der Waals surface area contributed by atoms with Gasteiger partial charge >= 0.3 is 5.76 Å². The predicted octanol–water partition coefficient (Wildman–Crippen LogP) is 4.56. The number of H-pyrrole nitrogens is 1. The standard InChI is InChI=1S/C27H36N10O2/c1-15-7-9-18(10-8-15)13-37-21-22(30-16(2)19-5-4-6-19)32-24(25-35-27(38)39-36-25)33-23(21)34-26(37)31-17(3)20-11-12-28-14-29-20/h11-12,14-19H,4-10,13H2,1-3H3,(H,35,36,38)(H2,30,31,32,33,34)/t15?,16-,17?,18?/m1/s1. The summed E-state index contributed by atoms with van der Waals surface area (Å²) in [4.78, 5) is 38.6. The number of hydrogen-bond donors (Lipinski definition) is 3. The lowest BCUT2D eigenvalue weighted by Crippen LogP contribution is -2.31. The molecule has 4 aromatic rings. The lowest BCUT2D eigenvalue weighted by molar-refractivity contribution is 0.267. The number of imidazole rings is 1. The number of aromatic amines is 1. The van der Waals surface area contributed by atoms with Crippen molar-refractivity contribution < 1.29 is 4.52 Å². The smallest absolute Gasteiger partial charge is 0.365 e. The monoisotopic (exact) mass is 532 g/mol. The van der Waals surface area contributed by atoms with Crippen molar-refractivity contribution in [3.63, 3.8) is 0 Å². The highest BCUT2D eigenvalue weighted by Gasteiger charge is 2.29. The second-order valence-corrected chi connectivity index (χ2v) is 11.3. The molecule has 0 radical (unpaired) electrons. The van der Waals surface area contributed by atoms with Crippen LogP contribution in [0.2, 0.25) is 0 Å². The van der Waals surface area contributed by atoms with Crippen molar-refractivity contribution in [1.29, 1.82) is 0 Å². The average Bonchev–Trinajstić information content (AvgIpc) is 3.48. The van der Waals surface area contributed by atoms with E-state index in [1.165, 1.54) is 44.9 Å². The summed E-state index contributed by atoms with van der Waals surface area (Å²) in [5.74, 6) is 3.04. The molecule has 0 saturated heterocycles. The van der Waals surface area contributed by atoms with Crippen LogP contribution in [0.3, 0.4) is 0 Å². The van der Waals surface area contributed by atoms with Gasteiger partial charge in [0.2, 0.25) is 17.6 Å². The summed E-state index contributed by atoms with van der Waals surface area (Å²) in [6.45, 7) is 7.42. The normalized spacial score (nSPS) is 21.4. The van der Waals surface area contributed by atoms with Crippen molar-refractivity contribution in [3.8, 4) is 11.6 Å². The fourth-order valence-electron chi connectivity index (χ4n) is 5.72. The predicted molar refractivity (Wildman–Crippen MR) is 147 cm³/mol. The molecule has 206 valence electrons. The topological polar surface area (TPSA) is 152 Å². The third-order valence-electron chi connectivity index (χ3n) is 8.44. The summed E-state index contributed by atoms with van der Waals surface area (Å²) in [5.41, 5.74) is 2.26. The van der Waals surface area contributed by atoms with E-state index in [4.69, 9.17) is 19.5 Å². The third kappa shape index (κ3) is 5.37. The van der Waals surface area contributed by atoms with Crippen LogP contribution in [0, 0.1) is 17.8 Å². The number of aromatic nitrogens is 8. The van der Waals surface area contributed by atoms with E-state index in [9.17, 15) is 4.79 Å². The van der Waals surface area contributed by atoms with Crippen molar-refractivity contribution in [2.75, 3.05) is 10.6 Å². The summed E-state index contributed by atoms with van der Waals surface area (Å²) in [6, 6.07) is 2.04. The molecule has 2 aliphatic rings. The molecule has 0 amide bonds. The molecule has 2 fully saturated rings. The molecule has 4 aromatic heterocycles. The zero-order valence-electron chi connectivity index (χ0n) is 22.7. The maximum atomic E-state index is 11.7. The van der Waals surface area contributed by atoms with Gasteiger partial charge in [-0.05, 0) is 63.4 Å². The van der Waals surface area contributed by atoms with E-state index in [-0.39, 0.29) is 23.7 Å². The van der Waals surface area contributed by atoms with E-state index >= 15 is 0 Å². The van der Waals surface area contributed by atoms with E-state index < -0.39 is 5.76 Å².